The lowest BCUT2D eigenvalue weighted by molar-refractivity contribution is -0.171. The first-order chi connectivity index (χ1) is 15.3. The zero-order chi connectivity index (χ0) is 25.0. The summed E-state index contributed by atoms with van der Waals surface area (Å²) in [7, 11) is 3.07. The second-order valence-corrected chi connectivity index (χ2v) is 9.36. The average Bonchev–Trinajstić information content (AvgIpc) is 2.72. The second-order valence-electron chi connectivity index (χ2n) is 9.36. The summed E-state index contributed by atoms with van der Waals surface area (Å²) in [5, 5.41) is 0. The van der Waals surface area contributed by atoms with Gasteiger partial charge < -0.3 is 18.9 Å². The van der Waals surface area contributed by atoms with Crippen LogP contribution in [-0.2, 0) is 9.53 Å². The fraction of sp³-hybridized carbons (Fsp3) is 0.407. The molecule has 0 unspecified atom stereocenters. The van der Waals surface area contributed by atoms with Gasteiger partial charge in [-0.25, -0.2) is 4.79 Å². The summed E-state index contributed by atoms with van der Waals surface area (Å²) >= 11 is 0. The Balaban J connectivity index is 2.26. The van der Waals surface area contributed by atoms with Crippen molar-refractivity contribution in [3.05, 3.63) is 58.7 Å². The first kappa shape index (κ1) is 26.0. The third kappa shape index (κ3) is 6.85. The van der Waals surface area contributed by atoms with E-state index < -0.39 is 17.2 Å². The van der Waals surface area contributed by atoms with E-state index >= 15 is 0 Å². The first-order valence-electron chi connectivity index (χ1n) is 10.8. The van der Waals surface area contributed by atoms with Gasteiger partial charge in [0.2, 0.25) is 0 Å². The molecule has 0 atom stereocenters. The van der Waals surface area contributed by atoms with Crippen molar-refractivity contribution < 1.29 is 28.5 Å². The number of hydrogen-bond donors (Lipinski definition) is 0. The molecular weight excluding hydrogens is 420 g/mol. The molecule has 2 aromatic carbocycles. The monoisotopic (exact) mass is 454 g/mol. The lowest BCUT2D eigenvalue weighted by Gasteiger charge is -2.30. The van der Waals surface area contributed by atoms with Crippen molar-refractivity contribution in [1.29, 1.82) is 0 Å². The molecule has 0 fully saturated rings. The van der Waals surface area contributed by atoms with Gasteiger partial charge >= 0.3 is 5.97 Å². The van der Waals surface area contributed by atoms with Gasteiger partial charge in [0.25, 0.3) is 0 Å². The van der Waals surface area contributed by atoms with Crippen LogP contribution in [-0.4, -0.2) is 37.2 Å². The molecule has 178 valence electrons. The number of carbonyl (C=O) groups is 2. The molecule has 2 rings (SSSR count). The number of hydrogen-bond acceptors (Lipinski definition) is 6. The van der Waals surface area contributed by atoms with E-state index in [1.807, 2.05) is 46.8 Å². The molecule has 0 N–H and O–H groups in total. The molecule has 33 heavy (non-hydrogen) atoms. The summed E-state index contributed by atoms with van der Waals surface area (Å²) < 4.78 is 22.1. The van der Waals surface area contributed by atoms with E-state index in [4.69, 9.17) is 18.9 Å². The highest BCUT2D eigenvalue weighted by Gasteiger charge is 2.35. The number of ketones is 1. The average molecular weight is 455 g/mol. The second kappa shape index (κ2) is 10.1. The van der Waals surface area contributed by atoms with Crippen LogP contribution in [0.3, 0.4) is 0 Å². The maximum atomic E-state index is 12.8. The molecule has 0 bridgehead atoms. The highest BCUT2D eigenvalue weighted by Crippen LogP contribution is 2.31. The summed E-state index contributed by atoms with van der Waals surface area (Å²) in [5.74, 6) is 1.03. The van der Waals surface area contributed by atoms with Crippen LogP contribution in [0.2, 0.25) is 0 Å². The first-order valence-corrected chi connectivity index (χ1v) is 10.8. The van der Waals surface area contributed by atoms with Gasteiger partial charge in [-0.3, -0.25) is 4.79 Å². The van der Waals surface area contributed by atoms with Gasteiger partial charge in [0, 0.05) is 0 Å². The van der Waals surface area contributed by atoms with Crippen molar-refractivity contribution >= 4 is 17.8 Å². The Hall–Kier alpha value is -3.28. The fourth-order valence-corrected chi connectivity index (χ4v) is 3.21. The Kier molecular flexibility index (Phi) is 7.96. The van der Waals surface area contributed by atoms with Crippen molar-refractivity contribution in [2.24, 2.45) is 0 Å². The third-order valence-corrected chi connectivity index (χ3v) is 4.83. The van der Waals surface area contributed by atoms with Crippen LogP contribution in [0.1, 0.15) is 61.7 Å². The van der Waals surface area contributed by atoms with Crippen molar-refractivity contribution in [3.8, 4) is 17.2 Å². The number of aryl methyl sites for hydroxylation is 2. The highest BCUT2D eigenvalue weighted by atomic mass is 16.6. The number of carbonyl (C=O) groups excluding carboxylic acids is 2. The predicted octanol–water partition coefficient (Wildman–Crippen LogP) is 5.72. The van der Waals surface area contributed by atoms with E-state index in [9.17, 15) is 9.59 Å². The summed E-state index contributed by atoms with van der Waals surface area (Å²) in [6, 6.07) is 8.90. The molecule has 0 aliphatic heterocycles. The van der Waals surface area contributed by atoms with E-state index in [1.54, 1.807) is 45.2 Å². The molecule has 2 aromatic rings. The highest BCUT2D eigenvalue weighted by molar-refractivity contribution is 6.09. The largest absolute Gasteiger partial charge is 0.497 e. The van der Waals surface area contributed by atoms with E-state index in [-0.39, 0.29) is 5.78 Å². The lowest BCUT2D eigenvalue weighted by Crippen LogP contribution is -2.43. The van der Waals surface area contributed by atoms with E-state index in [2.05, 4.69) is 0 Å². The molecule has 0 aromatic heterocycles. The number of rotatable bonds is 8. The predicted molar refractivity (Wildman–Crippen MR) is 129 cm³/mol. The zero-order valence-corrected chi connectivity index (χ0v) is 21.0. The summed E-state index contributed by atoms with van der Waals surface area (Å²) in [6.45, 7) is 12.6. The number of ether oxygens (including phenoxy) is 4. The van der Waals surface area contributed by atoms with E-state index in [0.29, 0.717) is 22.8 Å². The molecule has 0 radical (unpaired) electrons. The Morgan fingerprint density at radius 2 is 1.48 bits per heavy atom. The molecule has 6 nitrogen and oxygen atoms in total. The molecule has 0 aliphatic carbocycles. The Morgan fingerprint density at radius 3 is 2.00 bits per heavy atom. The fourth-order valence-electron chi connectivity index (χ4n) is 3.21. The van der Waals surface area contributed by atoms with Gasteiger partial charge in [-0.05, 0) is 102 Å². The van der Waals surface area contributed by atoms with E-state index in [1.165, 1.54) is 13.2 Å². The molecule has 0 saturated heterocycles. The van der Waals surface area contributed by atoms with Crippen LogP contribution in [0.5, 0.6) is 17.2 Å². The van der Waals surface area contributed by atoms with Crippen molar-refractivity contribution in [3.63, 3.8) is 0 Å². The summed E-state index contributed by atoms with van der Waals surface area (Å²) in [4.78, 5) is 25.4. The quantitative estimate of drug-likeness (QED) is 0.289. The van der Waals surface area contributed by atoms with Crippen LogP contribution >= 0.6 is 0 Å². The van der Waals surface area contributed by atoms with Crippen LogP contribution < -0.4 is 14.2 Å². The molecule has 0 amide bonds. The molecule has 6 heteroatoms. The Morgan fingerprint density at radius 1 is 0.879 bits per heavy atom. The van der Waals surface area contributed by atoms with Gasteiger partial charge in [-0.1, -0.05) is 6.08 Å². The topological polar surface area (TPSA) is 71.1 Å². The summed E-state index contributed by atoms with van der Waals surface area (Å²) in [6.07, 6.45) is 3.24. The van der Waals surface area contributed by atoms with Gasteiger partial charge in [-0.2, -0.15) is 0 Å². The number of allylic oxidation sites excluding steroid dienone is 1. The van der Waals surface area contributed by atoms with Gasteiger partial charge in [0.05, 0.1) is 19.8 Å². The third-order valence-electron chi connectivity index (χ3n) is 4.83. The van der Waals surface area contributed by atoms with E-state index in [0.717, 1.165) is 16.7 Å². The number of benzene rings is 2. The number of esters is 1. The lowest BCUT2D eigenvalue weighted by atomic mass is 10.0. The zero-order valence-electron chi connectivity index (χ0n) is 21.0. The standard InChI is InChI=1S/C27H34O6/c1-17-14-19(10-12-22(28)21-16-20(30-8)11-13-23(21)31-9)15-18(2)24(17)32-27(6,7)25(29)33-26(3,4)5/h10-16H,1-9H3/b12-10+. The van der Waals surface area contributed by atoms with Crippen molar-refractivity contribution in [2.75, 3.05) is 14.2 Å². The molecule has 0 saturated carbocycles. The smallest absolute Gasteiger partial charge is 0.350 e. The maximum Gasteiger partial charge on any atom is 0.350 e. The Bertz CT molecular complexity index is 1030. The van der Waals surface area contributed by atoms with Crippen LogP contribution in [0.4, 0.5) is 0 Å². The molecule has 0 heterocycles. The molecular formula is C27H34O6. The SMILES string of the molecule is COc1ccc(OC)c(C(=O)/C=C/c2cc(C)c(OC(C)(C)C(=O)OC(C)(C)C)c(C)c2)c1. The van der Waals surface area contributed by atoms with Crippen LogP contribution in [0.15, 0.2) is 36.4 Å². The Labute approximate surface area is 196 Å². The van der Waals surface area contributed by atoms with Crippen molar-refractivity contribution in [2.45, 2.75) is 59.7 Å². The molecule has 0 spiro atoms. The minimum atomic E-state index is -1.15. The summed E-state index contributed by atoms with van der Waals surface area (Å²) in [5.41, 5.74) is 1.19. The van der Waals surface area contributed by atoms with Gasteiger partial charge in [0.15, 0.2) is 11.4 Å². The van der Waals surface area contributed by atoms with Crippen LogP contribution in [0.25, 0.3) is 6.08 Å². The normalized spacial score (nSPS) is 11.9. The molecule has 0 aliphatic rings. The minimum Gasteiger partial charge on any atom is -0.497 e. The number of methoxy groups -OCH3 is 2. The van der Waals surface area contributed by atoms with Crippen molar-refractivity contribution in [1.82, 2.24) is 0 Å². The minimum absolute atomic E-state index is 0.201. The van der Waals surface area contributed by atoms with Gasteiger partial charge in [-0.15, -0.1) is 0 Å². The van der Waals surface area contributed by atoms with Crippen LogP contribution in [0, 0.1) is 13.8 Å². The van der Waals surface area contributed by atoms with Gasteiger partial charge in [0.1, 0.15) is 22.8 Å². The maximum absolute atomic E-state index is 12.8.